The quantitative estimate of drug-likeness (QED) is 0.523. The second-order valence-corrected chi connectivity index (χ2v) is 4.61. The Morgan fingerprint density at radius 1 is 1.12 bits per heavy atom. The second kappa shape index (κ2) is 10.6. The van der Waals surface area contributed by atoms with E-state index in [1.165, 1.54) is 0 Å². The zero-order valence-corrected chi connectivity index (χ0v) is 12.4. The topological polar surface area (TPSA) is 49.4 Å². The van der Waals surface area contributed by atoms with Crippen LogP contribution in [-0.4, -0.2) is 41.7 Å². The van der Waals surface area contributed by atoms with E-state index < -0.39 is 0 Å². The molecule has 17 heavy (non-hydrogen) atoms. The largest absolute Gasteiger partial charge is 0.356 e. The zero-order chi connectivity index (χ0) is 13.1. The van der Waals surface area contributed by atoms with Crippen LogP contribution in [0, 0.1) is 0 Å². The number of carbonyl (C=O) groups excluding carboxylic acids is 2. The highest BCUT2D eigenvalue weighted by Gasteiger charge is 2.09. The average molecular weight is 307 g/mol. The van der Waals surface area contributed by atoms with Crippen LogP contribution in [0.2, 0.25) is 0 Å². The number of unbranched alkanes of at least 4 members (excludes halogenated alkanes) is 1. The summed E-state index contributed by atoms with van der Waals surface area (Å²) in [4.78, 5) is 24.7. The molecule has 0 rings (SSSR count). The maximum atomic E-state index is 11.6. The molecule has 0 atom stereocenters. The van der Waals surface area contributed by atoms with E-state index in [0.29, 0.717) is 19.4 Å². The van der Waals surface area contributed by atoms with Crippen LogP contribution in [0.3, 0.4) is 0 Å². The van der Waals surface area contributed by atoms with Gasteiger partial charge in [-0.2, -0.15) is 0 Å². The van der Waals surface area contributed by atoms with Crippen LogP contribution in [0.25, 0.3) is 0 Å². The molecule has 0 spiro atoms. The third-order valence-electron chi connectivity index (χ3n) is 2.56. The predicted octanol–water partition coefficient (Wildman–Crippen LogP) is 1.93. The van der Waals surface area contributed by atoms with Gasteiger partial charge in [-0.25, -0.2) is 0 Å². The fourth-order valence-electron chi connectivity index (χ4n) is 1.51. The van der Waals surface area contributed by atoms with Gasteiger partial charge < -0.3 is 10.2 Å². The molecule has 0 saturated carbocycles. The molecule has 0 fully saturated rings. The fraction of sp³-hybridized carbons (Fsp3) is 0.833. The molecule has 0 radical (unpaired) electrons. The highest BCUT2D eigenvalue weighted by molar-refractivity contribution is 9.09. The van der Waals surface area contributed by atoms with Crippen LogP contribution in [0.5, 0.6) is 0 Å². The SMILES string of the molecule is CCN(CC)C(=O)CCNC(=O)CCCCBr. The molecule has 1 N–H and O–H groups in total. The van der Waals surface area contributed by atoms with Crippen molar-refractivity contribution in [3.8, 4) is 0 Å². The number of carbonyl (C=O) groups is 2. The molecule has 2 amide bonds. The summed E-state index contributed by atoms with van der Waals surface area (Å²) in [5, 5.41) is 3.71. The minimum absolute atomic E-state index is 0.0401. The summed E-state index contributed by atoms with van der Waals surface area (Å²) >= 11 is 3.32. The van der Waals surface area contributed by atoms with Crippen LogP contribution in [0.4, 0.5) is 0 Å². The van der Waals surface area contributed by atoms with Crippen LogP contribution in [0.15, 0.2) is 0 Å². The fourth-order valence-corrected chi connectivity index (χ4v) is 1.91. The summed E-state index contributed by atoms with van der Waals surface area (Å²) in [6.45, 7) is 5.83. The maximum Gasteiger partial charge on any atom is 0.224 e. The Bertz CT molecular complexity index is 231. The number of alkyl halides is 1. The van der Waals surface area contributed by atoms with E-state index in [1.807, 2.05) is 13.8 Å². The molecular formula is C12H23BrN2O2. The molecule has 0 aromatic heterocycles. The van der Waals surface area contributed by atoms with Gasteiger partial charge in [-0.15, -0.1) is 0 Å². The number of hydrogen-bond acceptors (Lipinski definition) is 2. The number of nitrogens with zero attached hydrogens (tertiary/aromatic N) is 1. The van der Waals surface area contributed by atoms with E-state index in [0.717, 1.165) is 31.3 Å². The Kier molecular flexibility index (Phi) is 10.2. The molecule has 4 nitrogen and oxygen atoms in total. The molecule has 0 aromatic rings. The number of rotatable bonds is 9. The standard InChI is InChI=1S/C12H23BrN2O2/c1-3-15(4-2)12(17)8-10-14-11(16)7-5-6-9-13/h3-10H2,1-2H3,(H,14,16). The van der Waals surface area contributed by atoms with E-state index in [9.17, 15) is 9.59 Å². The van der Waals surface area contributed by atoms with Crippen molar-refractivity contribution in [1.82, 2.24) is 10.2 Å². The van der Waals surface area contributed by atoms with E-state index in [-0.39, 0.29) is 11.8 Å². The summed E-state index contributed by atoms with van der Waals surface area (Å²) in [6, 6.07) is 0. The van der Waals surface area contributed by atoms with Gasteiger partial charge in [0.1, 0.15) is 0 Å². The molecule has 0 aliphatic rings. The molecule has 5 heteroatoms. The Labute approximate surface area is 112 Å². The molecule has 0 bridgehead atoms. The number of amides is 2. The molecule has 0 aliphatic carbocycles. The predicted molar refractivity (Wildman–Crippen MR) is 73.2 cm³/mol. The van der Waals surface area contributed by atoms with Gasteiger partial charge in [0.15, 0.2) is 0 Å². The third kappa shape index (κ3) is 8.18. The van der Waals surface area contributed by atoms with Crippen molar-refractivity contribution in [3.63, 3.8) is 0 Å². The van der Waals surface area contributed by atoms with Gasteiger partial charge in [0.2, 0.25) is 11.8 Å². The average Bonchev–Trinajstić information content (AvgIpc) is 2.31. The highest BCUT2D eigenvalue weighted by atomic mass is 79.9. The lowest BCUT2D eigenvalue weighted by atomic mass is 10.2. The monoisotopic (exact) mass is 306 g/mol. The minimum atomic E-state index is 0.0401. The third-order valence-corrected chi connectivity index (χ3v) is 3.13. The lowest BCUT2D eigenvalue weighted by Crippen LogP contribution is -2.34. The molecular weight excluding hydrogens is 284 g/mol. The summed E-state index contributed by atoms with van der Waals surface area (Å²) < 4.78 is 0. The minimum Gasteiger partial charge on any atom is -0.356 e. The van der Waals surface area contributed by atoms with Crippen LogP contribution < -0.4 is 5.32 Å². The Hall–Kier alpha value is -0.580. The van der Waals surface area contributed by atoms with Crippen LogP contribution in [-0.2, 0) is 9.59 Å². The maximum absolute atomic E-state index is 11.6. The van der Waals surface area contributed by atoms with Crippen molar-refractivity contribution in [2.24, 2.45) is 0 Å². The molecule has 0 aromatic carbocycles. The first kappa shape index (κ1) is 16.4. The number of nitrogens with one attached hydrogen (secondary N) is 1. The molecule has 0 saturated heterocycles. The van der Waals surface area contributed by atoms with Crippen LogP contribution in [0.1, 0.15) is 39.5 Å². The van der Waals surface area contributed by atoms with Crippen molar-refractivity contribution >= 4 is 27.7 Å². The Morgan fingerprint density at radius 2 is 1.76 bits per heavy atom. The summed E-state index contributed by atoms with van der Waals surface area (Å²) in [5.74, 6) is 0.147. The summed E-state index contributed by atoms with van der Waals surface area (Å²) in [6.07, 6.45) is 2.84. The Balaban J connectivity index is 3.61. The number of hydrogen-bond donors (Lipinski definition) is 1. The highest BCUT2D eigenvalue weighted by Crippen LogP contribution is 1.98. The smallest absolute Gasteiger partial charge is 0.224 e. The van der Waals surface area contributed by atoms with E-state index >= 15 is 0 Å². The molecule has 0 heterocycles. The lowest BCUT2D eigenvalue weighted by Gasteiger charge is -2.18. The first-order chi connectivity index (χ1) is 8.15. The van der Waals surface area contributed by atoms with Crippen molar-refractivity contribution < 1.29 is 9.59 Å². The van der Waals surface area contributed by atoms with Crippen molar-refractivity contribution in [2.75, 3.05) is 25.0 Å². The van der Waals surface area contributed by atoms with Gasteiger partial charge in [-0.05, 0) is 26.7 Å². The summed E-state index contributed by atoms with van der Waals surface area (Å²) in [7, 11) is 0. The number of halogens is 1. The van der Waals surface area contributed by atoms with Gasteiger partial charge in [-0.1, -0.05) is 15.9 Å². The van der Waals surface area contributed by atoms with Gasteiger partial charge >= 0.3 is 0 Å². The molecule has 0 aliphatic heterocycles. The van der Waals surface area contributed by atoms with Crippen molar-refractivity contribution in [2.45, 2.75) is 39.5 Å². The van der Waals surface area contributed by atoms with Crippen molar-refractivity contribution in [1.29, 1.82) is 0 Å². The molecule has 0 unspecified atom stereocenters. The van der Waals surface area contributed by atoms with Crippen LogP contribution >= 0.6 is 15.9 Å². The molecule has 100 valence electrons. The summed E-state index contributed by atoms with van der Waals surface area (Å²) in [5.41, 5.74) is 0. The van der Waals surface area contributed by atoms with Gasteiger partial charge in [0.05, 0.1) is 0 Å². The first-order valence-electron chi connectivity index (χ1n) is 6.26. The van der Waals surface area contributed by atoms with Gasteiger partial charge in [0.25, 0.3) is 0 Å². The van der Waals surface area contributed by atoms with Gasteiger partial charge in [0, 0.05) is 37.8 Å². The zero-order valence-electron chi connectivity index (χ0n) is 10.8. The van der Waals surface area contributed by atoms with E-state index in [4.69, 9.17) is 0 Å². The second-order valence-electron chi connectivity index (χ2n) is 3.81. The normalized spacial score (nSPS) is 10.1. The Morgan fingerprint density at radius 3 is 2.29 bits per heavy atom. The van der Waals surface area contributed by atoms with Gasteiger partial charge in [-0.3, -0.25) is 9.59 Å². The van der Waals surface area contributed by atoms with Crippen molar-refractivity contribution in [3.05, 3.63) is 0 Å². The first-order valence-corrected chi connectivity index (χ1v) is 7.38. The lowest BCUT2D eigenvalue weighted by molar-refractivity contribution is -0.130. The van der Waals surface area contributed by atoms with E-state index in [1.54, 1.807) is 4.90 Å². The van der Waals surface area contributed by atoms with E-state index in [2.05, 4.69) is 21.2 Å².